The number of rotatable bonds is 5. The first-order valence-corrected chi connectivity index (χ1v) is 7.49. The fourth-order valence-electron chi connectivity index (χ4n) is 2.14. The summed E-state index contributed by atoms with van der Waals surface area (Å²) in [7, 11) is 5.36. The topological polar surface area (TPSA) is 70.7 Å². The number of nitrogens with one attached hydrogen (secondary N) is 2. The average molecular weight is 327 g/mol. The van der Waals surface area contributed by atoms with Gasteiger partial charge in [-0.25, -0.2) is 0 Å². The Hall–Kier alpha value is -3.02. The van der Waals surface area contributed by atoms with Gasteiger partial charge in [-0.2, -0.15) is 0 Å². The van der Waals surface area contributed by atoms with Crippen molar-refractivity contribution in [3.63, 3.8) is 0 Å². The molecule has 6 heteroatoms. The summed E-state index contributed by atoms with van der Waals surface area (Å²) in [6, 6.07) is 14.4. The van der Waals surface area contributed by atoms with Crippen LogP contribution in [0.1, 0.15) is 15.9 Å². The molecule has 0 unspecified atom stereocenters. The van der Waals surface area contributed by atoms with Gasteiger partial charge in [0.2, 0.25) is 5.91 Å². The summed E-state index contributed by atoms with van der Waals surface area (Å²) < 4.78 is 5.12. The maximum atomic E-state index is 12.1. The van der Waals surface area contributed by atoms with Crippen molar-refractivity contribution in [1.82, 2.24) is 10.9 Å². The third-order valence-corrected chi connectivity index (χ3v) is 3.44. The first-order valence-electron chi connectivity index (χ1n) is 7.49. The lowest BCUT2D eigenvalue weighted by molar-refractivity contribution is -0.121. The normalized spacial score (nSPS) is 9.96. The van der Waals surface area contributed by atoms with Gasteiger partial charge in [-0.1, -0.05) is 18.2 Å². The predicted molar refractivity (Wildman–Crippen MR) is 93.1 cm³/mol. The number of nitrogens with zero attached hydrogens (tertiary/aromatic N) is 1. The molecule has 2 N–H and O–H groups in total. The number of hydrazine groups is 1. The van der Waals surface area contributed by atoms with E-state index in [1.54, 1.807) is 37.4 Å². The fourth-order valence-corrected chi connectivity index (χ4v) is 2.14. The zero-order valence-corrected chi connectivity index (χ0v) is 14.0. The van der Waals surface area contributed by atoms with E-state index in [1.165, 1.54) is 0 Å². The highest BCUT2D eigenvalue weighted by molar-refractivity contribution is 5.96. The number of hydrogen-bond acceptors (Lipinski definition) is 4. The molecule has 0 aliphatic rings. The number of carbonyl (C=O) groups excluding carboxylic acids is 2. The molecule has 0 aliphatic carbocycles. The van der Waals surface area contributed by atoms with E-state index in [4.69, 9.17) is 4.74 Å². The van der Waals surface area contributed by atoms with Gasteiger partial charge >= 0.3 is 0 Å². The van der Waals surface area contributed by atoms with Gasteiger partial charge in [-0.15, -0.1) is 0 Å². The van der Waals surface area contributed by atoms with Crippen LogP contribution in [0.5, 0.6) is 5.75 Å². The van der Waals surface area contributed by atoms with E-state index >= 15 is 0 Å². The molecular weight excluding hydrogens is 306 g/mol. The van der Waals surface area contributed by atoms with Gasteiger partial charge in [-0.05, 0) is 35.9 Å². The molecule has 6 nitrogen and oxygen atoms in total. The lowest BCUT2D eigenvalue weighted by atomic mass is 10.1. The Balaban J connectivity index is 1.91. The molecule has 0 spiro atoms. The van der Waals surface area contributed by atoms with Gasteiger partial charge in [0.05, 0.1) is 13.5 Å². The van der Waals surface area contributed by atoms with Crippen LogP contribution in [-0.4, -0.2) is 33.0 Å². The Morgan fingerprint density at radius 1 is 1.04 bits per heavy atom. The Morgan fingerprint density at radius 2 is 1.79 bits per heavy atom. The number of hydrogen-bond donors (Lipinski definition) is 2. The summed E-state index contributed by atoms with van der Waals surface area (Å²) in [4.78, 5) is 26.0. The van der Waals surface area contributed by atoms with Crippen LogP contribution in [0.25, 0.3) is 0 Å². The fraction of sp³-hybridized carbons (Fsp3) is 0.222. The summed E-state index contributed by atoms with van der Waals surface area (Å²) in [6.45, 7) is 0. The van der Waals surface area contributed by atoms with E-state index in [9.17, 15) is 9.59 Å². The quantitative estimate of drug-likeness (QED) is 0.821. The number of anilines is 1. The molecule has 2 aromatic rings. The van der Waals surface area contributed by atoms with Crippen molar-refractivity contribution in [2.24, 2.45) is 0 Å². The van der Waals surface area contributed by atoms with E-state index in [1.807, 2.05) is 37.2 Å². The summed E-state index contributed by atoms with van der Waals surface area (Å²) >= 11 is 0. The second-order valence-electron chi connectivity index (χ2n) is 5.48. The highest BCUT2D eigenvalue weighted by atomic mass is 16.5. The first-order chi connectivity index (χ1) is 11.5. The van der Waals surface area contributed by atoms with Gasteiger partial charge in [0.1, 0.15) is 5.75 Å². The van der Waals surface area contributed by atoms with Crippen molar-refractivity contribution in [2.45, 2.75) is 6.42 Å². The molecule has 0 bridgehead atoms. The molecule has 0 atom stereocenters. The minimum atomic E-state index is -0.363. The summed E-state index contributed by atoms with van der Waals surface area (Å²) in [6.07, 6.45) is 0.148. The minimum absolute atomic E-state index is 0.148. The molecule has 2 rings (SSSR count). The highest BCUT2D eigenvalue weighted by Crippen LogP contribution is 2.14. The molecule has 2 amide bonds. The molecule has 24 heavy (non-hydrogen) atoms. The second kappa shape index (κ2) is 8.01. The molecule has 0 aliphatic heterocycles. The first kappa shape index (κ1) is 17.3. The Morgan fingerprint density at radius 3 is 2.50 bits per heavy atom. The zero-order valence-electron chi connectivity index (χ0n) is 14.0. The molecule has 0 radical (unpaired) electrons. The van der Waals surface area contributed by atoms with Crippen molar-refractivity contribution in [2.75, 3.05) is 26.1 Å². The largest absolute Gasteiger partial charge is 0.497 e. The number of benzene rings is 2. The van der Waals surface area contributed by atoms with Crippen LogP contribution in [0, 0.1) is 0 Å². The van der Waals surface area contributed by atoms with Gasteiger partial charge in [0.25, 0.3) is 5.91 Å². The minimum Gasteiger partial charge on any atom is -0.497 e. The zero-order chi connectivity index (χ0) is 17.5. The van der Waals surface area contributed by atoms with E-state index in [0.29, 0.717) is 11.3 Å². The number of carbonyl (C=O) groups is 2. The number of ether oxygens (including phenoxy) is 1. The van der Waals surface area contributed by atoms with Crippen molar-refractivity contribution >= 4 is 17.5 Å². The highest BCUT2D eigenvalue weighted by Gasteiger charge is 2.09. The Labute approximate surface area is 141 Å². The number of amides is 2. The van der Waals surface area contributed by atoms with E-state index in [2.05, 4.69) is 10.9 Å². The maximum Gasteiger partial charge on any atom is 0.269 e. The molecular formula is C18H21N3O3. The van der Waals surface area contributed by atoms with Crippen molar-refractivity contribution in [1.29, 1.82) is 0 Å². The molecule has 0 fully saturated rings. The standard InChI is InChI=1S/C18H21N3O3/c1-21(2)15-8-5-7-14(12-15)18(23)20-19-17(22)11-13-6-4-9-16(10-13)24-3/h4-10,12H,11H2,1-3H3,(H,19,22)(H,20,23). The molecule has 2 aromatic carbocycles. The van der Waals surface area contributed by atoms with E-state index < -0.39 is 0 Å². The van der Waals surface area contributed by atoms with Crippen LogP contribution >= 0.6 is 0 Å². The van der Waals surface area contributed by atoms with Crippen LogP contribution in [0.3, 0.4) is 0 Å². The van der Waals surface area contributed by atoms with Gasteiger partial charge in [0.15, 0.2) is 0 Å². The van der Waals surface area contributed by atoms with Crippen LogP contribution in [-0.2, 0) is 11.2 Å². The van der Waals surface area contributed by atoms with Crippen molar-refractivity contribution in [3.05, 3.63) is 59.7 Å². The van der Waals surface area contributed by atoms with Crippen molar-refractivity contribution < 1.29 is 14.3 Å². The summed E-state index contributed by atoms with van der Waals surface area (Å²) in [5.74, 6) is 0.0166. The Kier molecular flexibility index (Phi) is 5.78. The molecule has 0 saturated heterocycles. The summed E-state index contributed by atoms with van der Waals surface area (Å²) in [5, 5.41) is 0. The van der Waals surface area contributed by atoms with Gasteiger partial charge < -0.3 is 9.64 Å². The van der Waals surface area contributed by atoms with E-state index in [0.717, 1.165) is 11.3 Å². The van der Waals surface area contributed by atoms with Crippen LogP contribution in [0.2, 0.25) is 0 Å². The third kappa shape index (κ3) is 4.74. The lowest BCUT2D eigenvalue weighted by Crippen LogP contribution is -2.42. The molecule has 0 saturated carbocycles. The summed E-state index contributed by atoms with van der Waals surface area (Å²) in [5.41, 5.74) is 7.03. The average Bonchev–Trinajstić information content (AvgIpc) is 2.60. The molecule has 0 aromatic heterocycles. The van der Waals surface area contributed by atoms with Crippen molar-refractivity contribution in [3.8, 4) is 5.75 Å². The molecule has 126 valence electrons. The van der Waals surface area contributed by atoms with E-state index in [-0.39, 0.29) is 18.2 Å². The van der Waals surface area contributed by atoms with Gasteiger partial charge in [0, 0.05) is 25.3 Å². The SMILES string of the molecule is COc1cccc(CC(=O)NNC(=O)c2cccc(N(C)C)c2)c1. The monoisotopic (exact) mass is 327 g/mol. The van der Waals surface area contributed by atoms with Crippen LogP contribution in [0.15, 0.2) is 48.5 Å². The number of methoxy groups -OCH3 is 1. The Bertz CT molecular complexity index is 729. The smallest absolute Gasteiger partial charge is 0.269 e. The van der Waals surface area contributed by atoms with Gasteiger partial charge in [-0.3, -0.25) is 20.4 Å². The lowest BCUT2D eigenvalue weighted by Gasteiger charge is -2.13. The van der Waals surface area contributed by atoms with Crippen LogP contribution in [0.4, 0.5) is 5.69 Å². The second-order valence-corrected chi connectivity index (χ2v) is 5.48. The predicted octanol–water partition coefficient (Wildman–Crippen LogP) is 1.76. The third-order valence-electron chi connectivity index (χ3n) is 3.44. The maximum absolute atomic E-state index is 12.1. The van der Waals surface area contributed by atoms with Crippen LogP contribution < -0.4 is 20.5 Å². The molecule has 0 heterocycles.